The largest absolute Gasteiger partial charge is 0.469 e. The summed E-state index contributed by atoms with van der Waals surface area (Å²) >= 11 is 1.74. The fraction of sp³-hybridized carbons (Fsp3) is 0.550. The lowest BCUT2D eigenvalue weighted by molar-refractivity contribution is -0.0817. The van der Waals surface area contributed by atoms with Crippen LogP contribution >= 0.6 is 11.3 Å². The normalized spacial score (nSPS) is 23.7. The second-order valence-corrected chi connectivity index (χ2v) is 7.91. The molecule has 2 aliphatic heterocycles. The van der Waals surface area contributed by atoms with Crippen LogP contribution in [0.15, 0.2) is 45.3 Å². The van der Waals surface area contributed by atoms with Crippen molar-refractivity contribution in [2.24, 2.45) is 4.99 Å². The number of nitrogens with zero attached hydrogens (tertiary/aromatic N) is 2. The van der Waals surface area contributed by atoms with E-state index in [-0.39, 0.29) is 12.2 Å². The molecule has 4 heterocycles. The Balaban J connectivity index is 1.39. The van der Waals surface area contributed by atoms with Crippen molar-refractivity contribution in [1.29, 1.82) is 0 Å². The minimum atomic E-state index is 0.125. The minimum absolute atomic E-state index is 0.125. The van der Waals surface area contributed by atoms with E-state index in [1.54, 1.807) is 17.6 Å². The van der Waals surface area contributed by atoms with Crippen molar-refractivity contribution in [3.8, 4) is 0 Å². The molecule has 2 aromatic rings. The van der Waals surface area contributed by atoms with Gasteiger partial charge in [-0.05, 0) is 36.4 Å². The molecule has 2 aliphatic rings. The van der Waals surface area contributed by atoms with Crippen molar-refractivity contribution in [2.75, 3.05) is 32.8 Å². The molecule has 2 fully saturated rings. The summed E-state index contributed by atoms with van der Waals surface area (Å²) in [5.74, 6) is 1.93. The Labute approximate surface area is 164 Å². The molecule has 1 N–H and O–H groups in total. The fourth-order valence-electron chi connectivity index (χ4n) is 3.56. The van der Waals surface area contributed by atoms with Gasteiger partial charge in [-0.3, -0.25) is 0 Å². The molecule has 0 radical (unpaired) electrons. The number of guanidine groups is 1. The maximum atomic E-state index is 5.99. The molecule has 146 valence electrons. The smallest absolute Gasteiger partial charge is 0.194 e. The van der Waals surface area contributed by atoms with Gasteiger partial charge in [-0.2, -0.15) is 0 Å². The van der Waals surface area contributed by atoms with Crippen LogP contribution in [0.1, 0.15) is 23.5 Å². The molecule has 0 amide bonds. The third-order valence-electron chi connectivity index (χ3n) is 4.97. The second kappa shape index (κ2) is 9.39. The molecular weight excluding hydrogens is 362 g/mol. The van der Waals surface area contributed by atoms with Crippen LogP contribution in [0.3, 0.4) is 0 Å². The number of nitrogens with one attached hydrogen (secondary N) is 1. The Morgan fingerprint density at radius 1 is 1.22 bits per heavy atom. The van der Waals surface area contributed by atoms with E-state index in [1.807, 2.05) is 12.1 Å². The molecular formula is C20H27N3O3S. The molecule has 2 aromatic heterocycles. The molecule has 6 nitrogen and oxygen atoms in total. The van der Waals surface area contributed by atoms with Crippen molar-refractivity contribution in [1.82, 2.24) is 10.2 Å². The van der Waals surface area contributed by atoms with Gasteiger partial charge in [-0.1, -0.05) is 6.07 Å². The van der Waals surface area contributed by atoms with Gasteiger partial charge < -0.3 is 24.1 Å². The number of morpholine rings is 1. The van der Waals surface area contributed by atoms with Gasteiger partial charge >= 0.3 is 0 Å². The zero-order chi connectivity index (χ0) is 18.3. The van der Waals surface area contributed by atoms with Crippen LogP contribution in [-0.2, 0) is 22.4 Å². The highest BCUT2D eigenvalue weighted by Crippen LogP contribution is 2.21. The number of thiophene rings is 1. The summed E-state index contributed by atoms with van der Waals surface area (Å²) in [6.45, 7) is 4.72. The van der Waals surface area contributed by atoms with Gasteiger partial charge in [0.15, 0.2) is 5.96 Å². The third-order valence-corrected chi connectivity index (χ3v) is 5.83. The summed E-state index contributed by atoms with van der Waals surface area (Å²) in [5, 5.41) is 5.62. The molecule has 0 saturated carbocycles. The van der Waals surface area contributed by atoms with Gasteiger partial charge in [0.2, 0.25) is 0 Å². The lowest BCUT2D eigenvalue weighted by Gasteiger charge is -2.37. The molecule has 0 aromatic carbocycles. The maximum absolute atomic E-state index is 5.99. The first-order valence-corrected chi connectivity index (χ1v) is 10.6. The van der Waals surface area contributed by atoms with Gasteiger partial charge in [0.25, 0.3) is 0 Å². The van der Waals surface area contributed by atoms with Crippen LogP contribution in [0.2, 0.25) is 0 Å². The van der Waals surface area contributed by atoms with Crippen molar-refractivity contribution < 1.29 is 13.9 Å². The molecule has 2 atom stereocenters. The van der Waals surface area contributed by atoms with Gasteiger partial charge in [0.05, 0.1) is 25.5 Å². The average molecular weight is 390 g/mol. The highest BCUT2D eigenvalue weighted by atomic mass is 32.1. The lowest BCUT2D eigenvalue weighted by Crippen LogP contribution is -2.53. The molecule has 2 unspecified atom stereocenters. The van der Waals surface area contributed by atoms with Crippen LogP contribution in [0.25, 0.3) is 0 Å². The van der Waals surface area contributed by atoms with Gasteiger partial charge in [0, 0.05) is 37.5 Å². The summed E-state index contributed by atoms with van der Waals surface area (Å²) < 4.78 is 17.3. The zero-order valence-corrected chi connectivity index (χ0v) is 16.3. The monoisotopic (exact) mass is 389 g/mol. The molecule has 0 spiro atoms. The van der Waals surface area contributed by atoms with Crippen molar-refractivity contribution in [2.45, 2.75) is 38.0 Å². The number of ether oxygens (including phenoxy) is 2. The highest BCUT2D eigenvalue weighted by Gasteiger charge is 2.32. The molecule has 2 saturated heterocycles. The summed E-state index contributed by atoms with van der Waals surface area (Å²) in [7, 11) is 0. The van der Waals surface area contributed by atoms with Gasteiger partial charge in [0.1, 0.15) is 11.9 Å². The zero-order valence-electron chi connectivity index (χ0n) is 15.5. The van der Waals surface area contributed by atoms with E-state index in [1.165, 1.54) is 4.88 Å². The Morgan fingerprint density at radius 2 is 2.19 bits per heavy atom. The number of aliphatic imine (C=N–C) groups is 1. The minimum Gasteiger partial charge on any atom is -0.469 e. The van der Waals surface area contributed by atoms with Crippen molar-refractivity contribution in [3.63, 3.8) is 0 Å². The van der Waals surface area contributed by atoms with E-state index in [0.717, 1.165) is 57.2 Å². The topological polar surface area (TPSA) is 59.2 Å². The van der Waals surface area contributed by atoms with E-state index in [9.17, 15) is 0 Å². The van der Waals surface area contributed by atoms with Crippen LogP contribution in [0.4, 0.5) is 0 Å². The van der Waals surface area contributed by atoms with E-state index < -0.39 is 0 Å². The van der Waals surface area contributed by atoms with Crippen LogP contribution in [0, 0.1) is 0 Å². The number of hydrogen-bond acceptors (Lipinski definition) is 5. The number of hydrogen-bond donors (Lipinski definition) is 1. The molecule has 0 bridgehead atoms. The lowest BCUT2D eigenvalue weighted by atomic mass is 10.1. The Hall–Kier alpha value is -1.83. The second-order valence-electron chi connectivity index (χ2n) is 6.88. The summed E-state index contributed by atoms with van der Waals surface area (Å²) in [5.41, 5.74) is 0. The van der Waals surface area contributed by atoms with E-state index >= 15 is 0 Å². The van der Waals surface area contributed by atoms with Crippen LogP contribution < -0.4 is 5.32 Å². The molecule has 4 rings (SSSR count). The van der Waals surface area contributed by atoms with Gasteiger partial charge in [-0.25, -0.2) is 4.99 Å². The van der Waals surface area contributed by atoms with Gasteiger partial charge in [-0.15, -0.1) is 11.3 Å². The van der Waals surface area contributed by atoms with Crippen molar-refractivity contribution in [3.05, 3.63) is 46.5 Å². The number of rotatable bonds is 6. The molecule has 7 heteroatoms. The predicted octanol–water partition coefficient (Wildman–Crippen LogP) is 2.91. The fourth-order valence-corrected chi connectivity index (χ4v) is 4.19. The Morgan fingerprint density at radius 3 is 2.96 bits per heavy atom. The standard InChI is InChI=1S/C20H27N3O3S/c1-4-16(24-10-1)7-8-21-20(22-14-17-5-3-13-27-17)23-9-12-26-19(15-23)18-6-2-11-25-18/h1,3-5,10,13,18-19H,2,6-9,11-12,14-15H2,(H,21,22). The first-order chi connectivity index (χ1) is 13.4. The number of furan rings is 1. The third kappa shape index (κ3) is 5.12. The summed E-state index contributed by atoms with van der Waals surface area (Å²) in [4.78, 5) is 8.46. The SMILES string of the molecule is c1coc(CCNC(=NCc2cccs2)N2CCOC(C3CCCO3)C2)c1. The predicted molar refractivity (Wildman–Crippen MR) is 106 cm³/mol. The Bertz CT molecular complexity index is 696. The van der Waals surface area contributed by atoms with Crippen molar-refractivity contribution >= 4 is 17.3 Å². The van der Waals surface area contributed by atoms with E-state index in [0.29, 0.717) is 13.2 Å². The summed E-state index contributed by atoms with van der Waals surface area (Å²) in [6.07, 6.45) is 5.12. The first kappa shape index (κ1) is 18.5. The quantitative estimate of drug-likeness (QED) is 0.608. The van der Waals surface area contributed by atoms with Crippen LogP contribution in [-0.4, -0.2) is 55.9 Å². The van der Waals surface area contributed by atoms with E-state index in [4.69, 9.17) is 18.9 Å². The summed E-state index contributed by atoms with van der Waals surface area (Å²) in [6, 6.07) is 8.13. The first-order valence-electron chi connectivity index (χ1n) is 9.70. The molecule has 27 heavy (non-hydrogen) atoms. The maximum Gasteiger partial charge on any atom is 0.194 e. The Kier molecular flexibility index (Phi) is 6.45. The van der Waals surface area contributed by atoms with E-state index in [2.05, 4.69) is 27.7 Å². The highest BCUT2D eigenvalue weighted by molar-refractivity contribution is 7.09. The van der Waals surface area contributed by atoms with Crippen LogP contribution in [0.5, 0.6) is 0 Å². The average Bonchev–Trinajstić information content (AvgIpc) is 3.48. The molecule has 0 aliphatic carbocycles.